The van der Waals surface area contributed by atoms with Crippen LogP contribution in [0, 0.1) is 0 Å². The fourth-order valence-electron chi connectivity index (χ4n) is 2.43. The van der Waals surface area contributed by atoms with Gasteiger partial charge in [0.15, 0.2) is 19.7 Å². The van der Waals surface area contributed by atoms with Gasteiger partial charge in [-0.2, -0.15) is 0 Å². The molecule has 2 heterocycles. The molecule has 0 spiro atoms. The molecule has 4 N–H and O–H groups in total. The molecule has 2 aliphatic heterocycles. The zero-order valence-corrected chi connectivity index (χ0v) is 15.5. The molecule has 0 saturated carbocycles. The summed E-state index contributed by atoms with van der Waals surface area (Å²) < 4.78 is 44.1. The summed E-state index contributed by atoms with van der Waals surface area (Å²) in [6.45, 7) is 3.72. The monoisotopic (exact) mass is 374 g/mol. The molecule has 2 atom stereocenters. The molecule has 124 valence electrons. The molecular formula is C11H22N2O4S4. The van der Waals surface area contributed by atoms with Crippen molar-refractivity contribution in [2.75, 3.05) is 23.0 Å². The fourth-order valence-corrected chi connectivity index (χ4v) is 7.17. The van der Waals surface area contributed by atoms with Crippen molar-refractivity contribution in [3.8, 4) is 0 Å². The Morgan fingerprint density at radius 1 is 1.10 bits per heavy atom. The normalized spacial score (nSPS) is 36.5. The van der Waals surface area contributed by atoms with Crippen molar-refractivity contribution < 1.29 is 22.6 Å². The first kappa shape index (κ1) is 19.0. The second-order valence-electron chi connectivity index (χ2n) is 6.47. The Morgan fingerprint density at radius 3 is 1.81 bits per heavy atom. The van der Waals surface area contributed by atoms with Gasteiger partial charge in [0.2, 0.25) is 0 Å². The van der Waals surface area contributed by atoms with Crippen molar-refractivity contribution in [2.24, 2.45) is 0 Å². The van der Waals surface area contributed by atoms with E-state index < -0.39 is 25.2 Å². The van der Waals surface area contributed by atoms with Crippen LogP contribution in [0.25, 0.3) is 0 Å². The molecule has 0 aliphatic carbocycles. The second kappa shape index (κ2) is 6.23. The van der Waals surface area contributed by atoms with E-state index in [4.69, 9.17) is 0 Å². The minimum absolute atomic E-state index is 0.136. The highest BCUT2D eigenvalue weighted by molar-refractivity contribution is 8.00. The lowest BCUT2D eigenvalue weighted by molar-refractivity contribution is -0.462. The van der Waals surface area contributed by atoms with Crippen LogP contribution in [-0.2, 0) is 32.3 Å². The Morgan fingerprint density at radius 2 is 1.57 bits per heavy atom. The number of nitrogens with one attached hydrogen (secondary N) is 1. The topological polar surface area (TPSA) is 108 Å². The van der Waals surface area contributed by atoms with Gasteiger partial charge < -0.3 is 35.9 Å². The molecule has 2 saturated heterocycles. The first-order valence-corrected chi connectivity index (χ1v) is 11.0. The molecule has 2 aliphatic rings. The van der Waals surface area contributed by atoms with Crippen LogP contribution in [0.1, 0.15) is 26.7 Å². The molecule has 0 amide bonds. The first-order valence-electron chi connectivity index (χ1n) is 6.50. The number of thiocarbonyl (C=S) groups is 1. The molecular weight excluding hydrogens is 352 g/mol. The average molecular weight is 375 g/mol. The highest BCUT2D eigenvalue weighted by Crippen LogP contribution is 2.22. The van der Waals surface area contributed by atoms with Crippen molar-refractivity contribution in [3.63, 3.8) is 0 Å². The van der Waals surface area contributed by atoms with E-state index in [1.54, 1.807) is 0 Å². The molecule has 10 heteroatoms. The molecule has 2 rings (SSSR count). The van der Waals surface area contributed by atoms with Crippen LogP contribution in [-0.4, -0.2) is 55.2 Å². The van der Waals surface area contributed by atoms with Crippen molar-refractivity contribution in [2.45, 2.75) is 37.8 Å². The zero-order chi connectivity index (χ0) is 16.5. The third-order valence-electron chi connectivity index (χ3n) is 3.49. The maximum atomic E-state index is 11.1. The summed E-state index contributed by atoms with van der Waals surface area (Å²) in [5.74, 6) is 0.957. The molecule has 6 nitrogen and oxygen atoms in total. The van der Waals surface area contributed by atoms with E-state index in [2.05, 4.69) is 35.9 Å². The molecule has 21 heavy (non-hydrogen) atoms. The Balaban J connectivity index is 0.000000219. The van der Waals surface area contributed by atoms with Crippen LogP contribution in [0.15, 0.2) is 0 Å². The van der Waals surface area contributed by atoms with Gasteiger partial charge in [-0.15, -0.1) is 0 Å². The average Bonchev–Trinajstić information content (AvgIpc) is 2.62. The Hall–Kier alpha value is -0.0300. The molecule has 0 aromatic rings. The van der Waals surface area contributed by atoms with Crippen molar-refractivity contribution in [1.29, 1.82) is 0 Å². The molecule has 2 unspecified atom stereocenters. The minimum Gasteiger partial charge on any atom is -0.412 e. The lowest BCUT2D eigenvalue weighted by Gasteiger charge is -2.27. The van der Waals surface area contributed by atoms with E-state index in [1.165, 1.54) is 0 Å². The van der Waals surface area contributed by atoms with E-state index in [0.29, 0.717) is 12.2 Å². The zero-order valence-electron chi connectivity index (χ0n) is 12.2. The highest BCUT2D eigenvalue weighted by atomic mass is 32.2. The summed E-state index contributed by atoms with van der Waals surface area (Å²) in [4.78, 5) is 0. The lowest BCUT2D eigenvalue weighted by Crippen LogP contribution is -2.71. The molecule has 0 radical (unpaired) electrons. The Bertz CT molecular complexity index is 612. The molecule has 0 aromatic carbocycles. The summed E-state index contributed by atoms with van der Waals surface area (Å²) in [6.07, 6.45) is 1.31. The van der Waals surface area contributed by atoms with Gasteiger partial charge in [0.1, 0.15) is 11.3 Å². The van der Waals surface area contributed by atoms with E-state index >= 15 is 0 Å². The summed E-state index contributed by atoms with van der Waals surface area (Å²) in [5.41, 5.74) is 3.14. The third-order valence-corrected chi connectivity index (χ3v) is 7.56. The number of hydrogen-bond acceptors (Lipinski definition) is 6. The first-order chi connectivity index (χ1) is 9.24. The number of quaternary nitrogens is 1. The van der Waals surface area contributed by atoms with Gasteiger partial charge >= 0.3 is 0 Å². The summed E-state index contributed by atoms with van der Waals surface area (Å²) in [6, 6.07) is 0. The van der Waals surface area contributed by atoms with Crippen molar-refractivity contribution in [1.82, 2.24) is 5.32 Å². The number of sulfone groups is 2. The van der Waals surface area contributed by atoms with Crippen molar-refractivity contribution >= 4 is 48.8 Å². The Labute approximate surface area is 137 Å². The highest BCUT2D eigenvalue weighted by Gasteiger charge is 2.38. The number of hydrogen-bond donors (Lipinski definition) is 2. The van der Waals surface area contributed by atoms with Gasteiger partial charge in [0, 0.05) is 12.0 Å². The second-order valence-corrected chi connectivity index (χ2v) is 11.9. The van der Waals surface area contributed by atoms with E-state index in [1.807, 2.05) is 13.8 Å². The molecule has 0 bridgehead atoms. The van der Waals surface area contributed by atoms with Crippen LogP contribution >= 0.6 is 12.2 Å². The molecule has 0 aromatic heterocycles. The van der Waals surface area contributed by atoms with Crippen LogP contribution in [0.3, 0.4) is 0 Å². The lowest BCUT2D eigenvalue weighted by atomic mass is 10.0. The summed E-state index contributed by atoms with van der Waals surface area (Å²) in [5, 5.41) is 2.84. The SMILES string of the molecule is CC1(NC(=S)[S-])CCS(=O)(=O)C1.CC1([NH3+])CCS(=O)(=O)C1. The number of rotatable bonds is 1. The van der Waals surface area contributed by atoms with E-state index in [9.17, 15) is 16.8 Å². The minimum atomic E-state index is -2.87. The van der Waals surface area contributed by atoms with E-state index in [-0.39, 0.29) is 27.1 Å². The maximum Gasteiger partial charge on any atom is 0.156 e. The summed E-state index contributed by atoms with van der Waals surface area (Å²) in [7, 11) is -5.58. The quantitative estimate of drug-likeness (QED) is 0.438. The smallest absolute Gasteiger partial charge is 0.156 e. The summed E-state index contributed by atoms with van der Waals surface area (Å²) >= 11 is 9.38. The predicted molar refractivity (Wildman–Crippen MR) is 89.3 cm³/mol. The predicted octanol–water partition coefficient (Wildman–Crippen LogP) is -1.21. The van der Waals surface area contributed by atoms with Crippen LogP contribution < -0.4 is 11.1 Å². The van der Waals surface area contributed by atoms with Gasteiger partial charge in [-0.3, -0.25) is 0 Å². The molecule has 2 fully saturated rings. The van der Waals surface area contributed by atoms with Crippen molar-refractivity contribution in [3.05, 3.63) is 0 Å². The standard InChI is InChI=1S/C6H11NO2S3.C5H11NO2S/c1-6(7-5(10)11)2-3-12(8,9)4-6;1-5(6)2-3-9(7,8)4-5/h2-4H2,1H3,(H2,7,10,11);2-4,6H2,1H3. The largest absolute Gasteiger partial charge is 0.412 e. The van der Waals surface area contributed by atoms with Gasteiger partial charge in [-0.05, 0) is 20.3 Å². The van der Waals surface area contributed by atoms with Crippen LogP contribution in [0.4, 0.5) is 0 Å². The fraction of sp³-hybridized carbons (Fsp3) is 0.909. The third kappa shape index (κ3) is 6.72. The maximum absolute atomic E-state index is 11.1. The van der Waals surface area contributed by atoms with Crippen LogP contribution in [0.2, 0.25) is 0 Å². The van der Waals surface area contributed by atoms with Gasteiger partial charge in [0.25, 0.3) is 0 Å². The van der Waals surface area contributed by atoms with Gasteiger partial charge in [-0.25, -0.2) is 16.8 Å². The van der Waals surface area contributed by atoms with Gasteiger partial charge in [-0.1, -0.05) is 4.32 Å². The van der Waals surface area contributed by atoms with Gasteiger partial charge in [0.05, 0.1) is 17.3 Å². The van der Waals surface area contributed by atoms with E-state index in [0.717, 1.165) is 6.42 Å². The van der Waals surface area contributed by atoms with Crippen LogP contribution in [0.5, 0.6) is 0 Å². The Kier molecular flexibility index (Phi) is 5.64.